The van der Waals surface area contributed by atoms with Gasteiger partial charge in [-0.2, -0.15) is 0 Å². The third-order valence-electron chi connectivity index (χ3n) is 2.46. The van der Waals surface area contributed by atoms with Crippen LogP contribution >= 0.6 is 43.5 Å². The molecule has 2 rings (SSSR count). The molecule has 1 aromatic heterocycles. The molecule has 0 aliphatic rings. The number of anilines is 1. The van der Waals surface area contributed by atoms with Gasteiger partial charge in [0, 0.05) is 10.0 Å². The largest absolute Gasteiger partial charge is 0.383 e. The molecule has 0 amide bonds. The van der Waals surface area contributed by atoms with Gasteiger partial charge in [-0.05, 0) is 56.5 Å². The number of benzene rings is 1. The summed E-state index contributed by atoms with van der Waals surface area (Å²) in [6.45, 7) is 2.02. The van der Waals surface area contributed by atoms with Gasteiger partial charge in [-0.25, -0.2) is 9.97 Å². The van der Waals surface area contributed by atoms with Crippen molar-refractivity contribution in [3.05, 3.63) is 37.9 Å². The number of hydrogen-bond acceptors (Lipinski definition) is 3. The summed E-state index contributed by atoms with van der Waals surface area (Å²) in [4.78, 5) is 8.75. The van der Waals surface area contributed by atoms with E-state index in [9.17, 15) is 0 Å². The molecule has 1 heterocycles. The van der Waals surface area contributed by atoms with E-state index < -0.39 is 0 Å². The summed E-state index contributed by atoms with van der Waals surface area (Å²) >= 11 is 12.8. The van der Waals surface area contributed by atoms with Crippen LogP contribution in [0.5, 0.6) is 0 Å². The number of nitrogens with two attached hydrogens (primary N) is 1. The van der Waals surface area contributed by atoms with Gasteiger partial charge in [-0.1, -0.05) is 18.5 Å². The fraction of sp³-hybridized carbons (Fsp3) is 0.167. The van der Waals surface area contributed by atoms with Crippen molar-refractivity contribution < 1.29 is 0 Å². The normalized spacial score (nSPS) is 10.7. The van der Waals surface area contributed by atoms with Crippen molar-refractivity contribution in [2.75, 3.05) is 5.73 Å². The Labute approximate surface area is 127 Å². The van der Waals surface area contributed by atoms with Crippen LogP contribution < -0.4 is 5.73 Å². The summed E-state index contributed by atoms with van der Waals surface area (Å²) in [5.41, 5.74) is 7.59. The maximum absolute atomic E-state index is 6.07. The minimum Gasteiger partial charge on any atom is -0.383 e. The van der Waals surface area contributed by atoms with E-state index >= 15 is 0 Å². The van der Waals surface area contributed by atoms with Crippen LogP contribution in [-0.4, -0.2) is 9.97 Å². The highest BCUT2D eigenvalue weighted by atomic mass is 79.9. The zero-order valence-corrected chi connectivity index (χ0v) is 13.5. The highest BCUT2D eigenvalue weighted by molar-refractivity contribution is 9.11. The lowest BCUT2D eigenvalue weighted by Crippen LogP contribution is -2.02. The van der Waals surface area contributed by atoms with E-state index in [0.29, 0.717) is 16.7 Å². The number of aryl methyl sites for hydroxylation is 1. The van der Waals surface area contributed by atoms with E-state index in [2.05, 4.69) is 41.8 Å². The van der Waals surface area contributed by atoms with Crippen molar-refractivity contribution in [1.82, 2.24) is 9.97 Å². The summed E-state index contributed by atoms with van der Waals surface area (Å²) in [6.07, 6.45) is 0.782. The van der Waals surface area contributed by atoms with Gasteiger partial charge in [-0.15, -0.1) is 0 Å². The Morgan fingerprint density at radius 3 is 2.61 bits per heavy atom. The third kappa shape index (κ3) is 2.68. The zero-order chi connectivity index (χ0) is 13.3. The van der Waals surface area contributed by atoms with E-state index in [-0.39, 0.29) is 0 Å². The first-order valence-corrected chi connectivity index (χ1v) is 7.26. The second-order valence-electron chi connectivity index (χ2n) is 3.68. The Balaban J connectivity index is 2.57. The topological polar surface area (TPSA) is 51.8 Å². The molecule has 0 fully saturated rings. The molecule has 18 heavy (non-hydrogen) atoms. The van der Waals surface area contributed by atoms with Gasteiger partial charge >= 0.3 is 0 Å². The molecular weight excluding hydrogens is 381 g/mol. The molecule has 0 saturated carbocycles. The first-order chi connectivity index (χ1) is 8.52. The summed E-state index contributed by atoms with van der Waals surface area (Å²) in [5.74, 6) is 1.03. The fourth-order valence-electron chi connectivity index (χ4n) is 1.51. The molecule has 0 radical (unpaired) electrons. The average Bonchev–Trinajstić information content (AvgIpc) is 2.36. The van der Waals surface area contributed by atoms with Gasteiger partial charge in [-0.3, -0.25) is 0 Å². The van der Waals surface area contributed by atoms with E-state index in [4.69, 9.17) is 17.3 Å². The predicted molar refractivity (Wildman–Crippen MR) is 81.7 cm³/mol. The lowest BCUT2D eigenvalue weighted by atomic mass is 10.2. The Kier molecular flexibility index (Phi) is 4.25. The third-order valence-corrected chi connectivity index (χ3v) is 4.55. The van der Waals surface area contributed by atoms with Gasteiger partial charge in [0.25, 0.3) is 0 Å². The van der Waals surface area contributed by atoms with Crippen LogP contribution in [0.3, 0.4) is 0 Å². The SMILES string of the molecule is CCc1nc(-c2ccc(Br)c(Cl)c2)nc(N)c1Br. The second kappa shape index (κ2) is 5.55. The van der Waals surface area contributed by atoms with Crippen LogP contribution in [0, 0.1) is 0 Å². The van der Waals surface area contributed by atoms with Crippen molar-refractivity contribution >= 4 is 49.3 Å². The molecule has 94 valence electrons. The van der Waals surface area contributed by atoms with E-state index in [0.717, 1.165) is 26.6 Å². The number of hydrogen-bond donors (Lipinski definition) is 1. The summed E-state index contributed by atoms with van der Waals surface area (Å²) in [6, 6.07) is 5.58. The monoisotopic (exact) mass is 389 g/mol. The van der Waals surface area contributed by atoms with E-state index in [1.165, 1.54) is 0 Å². The smallest absolute Gasteiger partial charge is 0.161 e. The molecule has 6 heteroatoms. The van der Waals surface area contributed by atoms with Crippen molar-refractivity contribution in [3.63, 3.8) is 0 Å². The summed E-state index contributed by atoms with van der Waals surface area (Å²) in [7, 11) is 0. The van der Waals surface area contributed by atoms with Gasteiger partial charge in [0.1, 0.15) is 5.82 Å². The van der Waals surface area contributed by atoms with Crippen molar-refractivity contribution in [1.29, 1.82) is 0 Å². The quantitative estimate of drug-likeness (QED) is 0.822. The number of halogens is 3. The molecule has 2 aromatic rings. The highest BCUT2D eigenvalue weighted by Crippen LogP contribution is 2.29. The zero-order valence-electron chi connectivity index (χ0n) is 9.54. The predicted octanol–water partition coefficient (Wildman–Crippen LogP) is 4.47. The minimum atomic E-state index is 0.441. The average molecular weight is 391 g/mol. The lowest BCUT2D eigenvalue weighted by Gasteiger charge is -2.08. The molecule has 3 nitrogen and oxygen atoms in total. The Bertz CT molecular complexity index is 602. The van der Waals surface area contributed by atoms with E-state index in [1.807, 2.05) is 25.1 Å². The maximum atomic E-state index is 6.07. The Hall–Kier alpha value is -0.650. The standard InChI is InChI=1S/C12H10Br2ClN3/c1-2-9-10(14)11(16)18-12(17-9)6-3-4-7(13)8(15)5-6/h3-5H,2H2,1H3,(H2,16,17,18). The Morgan fingerprint density at radius 1 is 1.28 bits per heavy atom. The number of nitrogens with zero attached hydrogens (tertiary/aromatic N) is 2. The van der Waals surface area contributed by atoms with Crippen LogP contribution in [0.1, 0.15) is 12.6 Å². The number of nitrogen functional groups attached to an aromatic ring is 1. The van der Waals surface area contributed by atoms with Crippen LogP contribution in [0.15, 0.2) is 27.1 Å². The van der Waals surface area contributed by atoms with E-state index in [1.54, 1.807) is 0 Å². The lowest BCUT2D eigenvalue weighted by molar-refractivity contribution is 0.996. The molecule has 0 saturated heterocycles. The van der Waals surface area contributed by atoms with Crippen molar-refractivity contribution in [3.8, 4) is 11.4 Å². The molecule has 0 atom stereocenters. The molecule has 0 bridgehead atoms. The molecule has 2 N–H and O–H groups in total. The first kappa shape index (κ1) is 13.8. The van der Waals surface area contributed by atoms with Crippen LogP contribution in [0.2, 0.25) is 5.02 Å². The van der Waals surface area contributed by atoms with Gasteiger partial charge < -0.3 is 5.73 Å². The number of rotatable bonds is 2. The second-order valence-corrected chi connectivity index (χ2v) is 5.73. The fourth-order valence-corrected chi connectivity index (χ4v) is 2.40. The van der Waals surface area contributed by atoms with Gasteiger partial charge in [0.05, 0.1) is 15.2 Å². The Morgan fingerprint density at radius 2 is 2.00 bits per heavy atom. The summed E-state index contributed by atoms with van der Waals surface area (Å²) in [5, 5.41) is 0.621. The molecule has 0 spiro atoms. The maximum Gasteiger partial charge on any atom is 0.161 e. The van der Waals surface area contributed by atoms with Crippen molar-refractivity contribution in [2.24, 2.45) is 0 Å². The highest BCUT2D eigenvalue weighted by Gasteiger charge is 2.11. The van der Waals surface area contributed by atoms with Gasteiger partial charge in [0.15, 0.2) is 5.82 Å². The molecule has 0 aliphatic heterocycles. The van der Waals surface area contributed by atoms with Gasteiger partial charge in [0.2, 0.25) is 0 Å². The molecule has 0 unspecified atom stereocenters. The molecule has 0 aliphatic carbocycles. The van der Waals surface area contributed by atoms with Crippen LogP contribution in [0.25, 0.3) is 11.4 Å². The van der Waals surface area contributed by atoms with Crippen LogP contribution in [-0.2, 0) is 6.42 Å². The first-order valence-electron chi connectivity index (χ1n) is 5.30. The summed E-state index contributed by atoms with van der Waals surface area (Å²) < 4.78 is 1.60. The van der Waals surface area contributed by atoms with Crippen molar-refractivity contribution in [2.45, 2.75) is 13.3 Å². The number of aromatic nitrogens is 2. The molecular formula is C12H10Br2ClN3. The minimum absolute atomic E-state index is 0.441. The van der Waals surface area contributed by atoms with Crippen LogP contribution in [0.4, 0.5) is 5.82 Å². The molecule has 1 aromatic carbocycles.